The molecule has 0 unspecified atom stereocenters. The van der Waals surface area contributed by atoms with Gasteiger partial charge in [0.15, 0.2) is 17.5 Å². The van der Waals surface area contributed by atoms with Crippen molar-refractivity contribution >= 4 is 34.3 Å². The molecule has 30 heavy (non-hydrogen) atoms. The number of carboxylic acid groups (broad SMARTS) is 1. The first-order valence-electron chi connectivity index (χ1n) is 8.67. The van der Waals surface area contributed by atoms with E-state index in [4.69, 9.17) is 16.6 Å². The Morgan fingerprint density at radius 2 is 1.70 bits per heavy atom. The lowest BCUT2D eigenvalue weighted by Gasteiger charge is -2.08. The van der Waals surface area contributed by atoms with Gasteiger partial charge in [0, 0.05) is 10.9 Å². The average Bonchev–Trinajstić information content (AvgIpc) is 3.06. The predicted octanol–water partition coefficient (Wildman–Crippen LogP) is 3.07. The summed E-state index contributed by atoms with van der Waals surface area (Å²) in [5, 5.41) is 15.6. The van der Waals surface area contributed by atoms with Crippen molar-refractivity contribution in [3.63, 3.8) is 0 Å². The van der Waals surface area contributed by atoms with Crippen molar-refractivity contribution in [1.82, 2.24) is 19.7 Å². The van der Waals surface area contributed by atoms with E-state index in [9.17, 15) is 13.6 Å². The normalized spacial score (nSPS) is 11.0. The van der Waals surface area contributed by atoms with Crippen LogP contribution in [0.1, 0.15) is 5.56 Å². The monoisotopic (exact) mass is 411 g/mol. The van der Waals surface area contributed by atoms with E-state index >= 15 is 0 Å². The van der Waals surface area contributed by atoms with Gasteiger partial charge in [-0.25, -0.2) is 23.5 Å². The second-order valence-corrected chi connectivity index (χ2v) is 6.36. The molecule has 0 atom stereocenters. The van der Waals surface area contributed by atoms with Crippen molar-refractivity contribution in [3.8, 4) is 11.5 Å². The molecule has 4 rings (SSSR count). The quantitative estimate of drug-likeness (QED) is 0.404. The Morgan fingerprint density at radius 1 is 1.03 bits per heavy atom. The maximum absolute atomic E-state index is 14.6. The van der Waals surface area contributed by atoms with E-state index < -0.39 is 17.7 Å². The first-order chi connectivity index (χ1) is 14.3. The smallest absolute Gasteiger partial charge is 0.409 e. The van der Waals surface area contributed by atoms with E-state index in [0.29, 0.717) is 10.9 Å². The Bertz CT molecular complexity index is 1270. The topological polar surface area (TPSA) is 145 Å². The van der Waals surface area contributed by atoms with Crippen LogP contribution in [0.15, 0.2) is 42.5 Å². The van der Waals surface area contributed by atoms with Crippen LogP contribution >= 0.6 is 0 Å². The first-order valence-corrected chi connectivity index (χ1v) is 8.67. The van der Waals surface area contributed by atoms with Gasteiger partial charge in [0.05, 0.1) is 6.54 Å². The van der Waals surface area contributed by atoms with Crippen molar-refractivity contribution in [2.24, 2.45) is 0 Å². The van der Waals surface area contributed by atoms with Crippen LogP contribution in [-0.2, 0) is 6.54 Å². The minimum atomic E-state index is -1.38. The molecule has 2 aromatic carbocycles. The molecule has 0 fully saturated rings. The molecule has 0 aliphatic heterocycles. The van der Waals surface area contributed by atoms with Crippen LogP contribution < -0.4 is 16.8 Å². The molecular formula is C19H15F2N7O2. The maximum Gasteiger partial charge on any atom is 0.409 e. The molecule has 2 aromatic heterocycles. The van der Waals surface area contributed by atoms with Crippen LogP contribution in [0.5, 0.6) is 0 Å². The molecular weight excluding hydrogens is 396 g/mol. The molecule has 1 amide bonds. The summed E-state index contributed by atoms with van der Waals surface area (Å²) in [6.07, 6.45) is -1.38. The lowest BCUT2D eigenvalue weighted by molar-refractivity contribution is 0.209. The fourth-order valence-corrected chi connectivity index (χ4v) is 3.10. The van der Waals surface area contributed by atoms with Gasteiger partial charge in [-0.1, -0.05) is 30.3 Å². The van der Waals surface area contributed by atoms with Crippen molar-refractivity contribution in [3.05, 3.63) is 59.7 Å². The fourth-order valence-electron chi connectivity index (χ4n) is 3.10. The molecule has 9 nitrogen and oxygen atoms in total. The maximum atomic E-state index is 14.6. The molecule has 0 saturated carbocycles. The number of nitrogen functional groups attached to an aromatic ring is 2. The summed E-state index contributed by atoms with van der Waals surface area (Å²) in [5.41, 5.74) is 12.1. The molecule has 0 spiro atoms. The van der Waals surface area contributed by atoms with Gasteiger partial charge in [0.2, 0.25) is 0 Å². The zero-order valence-corrected chi connectivity index (χ0v) is 15.3. The van der Waals surface area contributed by atoms with Crippen LogP contribution in [0.2, 0.25) is 0 Å². The Morgan fingerprint density at radius 3 is 2.37 bits per heavy atom. The van der Waals surface area contributed by atoms with Crippen LogP contribution in [0, 0.1) is 11.6 Å². The van der Waals surface area contributed by atoms with Crippen LogP contribution in [0.3, 0.4) is 0 Å². The number of rotatable bonds is 4. The zero-order valence-electron chi connectivity index (χ0n) is 15.3. The third-order valence-corrected chi connectivity index (χ3v) is 4.41. The highest BCUT2D eigenvalue weighted by molar-refractivity contribution is 5.95. The molecule has 4 aromatic rings. The molecule has 6 N–H and O–H groups in total. The molecule has 11 heteroatoms. The van der Waals surface area contributed by atoms with Gasteiger partial charge in [-0.05, 0) is 12.1 Å². The number of nitrogens with two attached hydrogens (primary N) is 2. The minimum Gasteiger partial charge on any atom is -0.465 e. The van der Waals surface area contributed by atoms with Gasteiger partial charge < -0.3 is 16.6 Å². The third-order valence-electron chi connectivity index (χ3n) is 4.41. The summed E-state index contributed by atoms with van der Waals surface area (Å²) < 4.78 is 30.0. The highest BCUT2D eigenvalue weighted by atomic mass is 19.1. The number of benzene rings is 2. The molecule has 0 aliphatic carbocycles. The van der Waals surface area contributed by atoms with Gasteiger partial charge in [-0.3, -0.25) is 10.00 Å². The number of hydrogen-bond acceptors (Lipinski definition) is 6. The van der Waals surface area contributed by atoms with Crippen LogP contribution in [-0.4, -0.2) is 30.9 Å². The standard InChI is InChI=1S/C19H15F2N7O2/c20-11-6-2-1-4-9(11)8-28-15-10(5-3-7-12(15)21)13(27-28)18-25-16(22)14(17(23)26-18)24-19(29)30/h1-7,24H,8H2,(H,29,30)(H4,22,23,25,26). The minimum absolute atomic E-state index is 0.0242. The molecule has 2 heterocycles. The SMILES string of the molecule is Nc1nc(-c2nn(Cc3ccccc3F)c3c(F)cccc23)nc(N)c1NC(=O)O. The summed E-state index contributed by atoms with van der Waals surface area (Å²) in [6.45, 7) is -0.0340. The van der Waals surface area contributed by atoms with E-state index in [1.54, 1.807) is 24.3 Å². The van der Waals surface area contributed by atoms with Crippen LogP contribution in [0.4, 0.5) is 30.9 Å². The number of anilines is 3. The Labute approximate surface area is 168 Å². The first kappa shape index (κ1) is 19.1. The van der Waals surface area contributed by atoms with Gasteiger partial charge in [-0.15, -0.1) is 0 Å². The number of nitrogens with zero attached hydrogens (tertiary/aromatic N) is 4. The number of halogens is 2. The third kappa shape index (κ3) is 3.32. The number of hydrogen-bond donors (Lipinski definition) is 4. The summed E-state index contributed by atoms with van der Waals surface area (Å²) in [5.74, 6) is -1.47. The summed E-state index contributed by atoms with van der Waals surface area (Å²) in [6, 6.07) is 10.5. The summed E-state index contributed by atoms with van der Waals surface area (Å²) >= 11 is 0. The van der Waals surface area contributed by atoms with Gasteiger partial charge in [0.1, 0.15) is 28.5 Å². The van der Waals surface area contributed by atoms with Crippen molar-refractivity contribution < 1.29 is 18.7 Å². The molecule has 0 radical (unpaired) electrons. The highest BCUT2D eigenvalue weighted by Crippen LogP contribution is 2.32. The molecule has 0 saturated heterocycles. The number of para-hydroxylation sites is 1. The zero-order chi connectivity index (χ0) is 21.4. The Kier molecular flexibility index (Phi) is 4.62. The van der Waals surface area contributed by atoms with E-state index in [2.05, 4.69) is 15.1 Å². The van der Waals surface area contributed by atoms with E-state index in [0.717, 1.165) is 0 Å². The Balaban J connectivity index is 1.88. The van der Waals surface area contributed by atoms with Gasteiger partial charge in [-0.2, -0.15) is 5.10 Å². The fraction of sp³-hybridized carbons (Fsp3) is 0.0526. The lowest BCUT2D eigenvalue weighted by atomic mass is 10.2. The second kappa shape index (κ2) is 7.28. The number of amides is 1. The van der Waals surface area contributed by atoms with E-state index in [1.165, 1.54) is 22.9 Å². The molecule has 152 valence electrons. The summed E-state index contributed by atoms with van der Waals surface area (Å²) in [4.78, 5) is 19.0. The number of carbonyl (C=O) groups is 1. The highest BCUT2D eigenvalue weighted by Gasteiger charge is 2.21. The van der Waals surface area contributed by atoms with Crippen molar-refractivity contribution in [2.45, 2.75) is 6.54 Å². The van der Waals surface area contributed by atoms with Crippen molar-refractivity contribution in [2.75, 3.05) is 16.8 Å². The Hall–Kier alpha value is -4.28. The predicted molar refractivity (Wildman–Crippen MR) is 107 cm³/mol. The lowest BCUT2D eigenvalue weighted by Crippen LogP contribution is -2.14. The van der Waals surface area contributed by atoms with E-state index in [-0.39, 0.29) is 40.9 Å². The molecule has 0 aliphatic rings. The number of fused-ring (bicyclic) bond motifs is 1. The van der Waals surface area contributed by atoms with Gasteiger partial charge >= 0.3 is 6.09 Å². The molecule has 0 bridgehead atoms. The second-order valence-electron chi connectivity index (χ2n) is 6.36. The largest absolute Gasteiger partial charge is 0.465 e. The number of nitrogens with one attached hydrogen (secondary N) is 1. The average molecular weight is 411 g/mol. The van der Waals surface area contributed by atoms with E-state index in [1.807, 2.05) is 5.32 Å². The summed E-state index contributed by atoms with van der Waals surface area (Å²) in [7, 11) is 0. The number of aromatic nitrogens is 4. The van der Waals surface area contributed by atoms with Crippen LogP contribution in [0.25, 0.3) is 22.4 Å². The van der Waals surface area contributed by atoms with Crippen molar-refractivity contribution in [1.29, 1.82) is 0 Å². The van der Waals surface area contributed by atoms with Gasteiger partial charge in [0.25, 0.3) is 0 Å².